The Morgan fingerprint density at radius 2 is 1.87 bits per heavy atom. The highest BCUT2D eigenvalue weighted by Gasteiger charge is 2.26. The van der Waals surface area contributed by atoms with Gasteiger partial charge in [0.15, 0.2) is 0 Å². The molecule has 15 heavy (non-hydrogen) atoms. The van der Waals surface area contributed by atoms with E-state index in [0.717, 1.165) is 0 Å². The number of carboxylic acid groups (broad SMARTS) is 1. The van der Waals surface area contributed by atoms with Crippen LogP contribution < -0.4 is 0 Å². The zero-order valence-corrected chi connectivity index (χ0v) is 9.41. The van der Waals surface area contributed by atoms with Crippen LogP contribution in [-0.2, 0) is 19.1 Å². The molecule has 0 saturated carbocycles. The molecule has 0 aromatic carbocycles. The summed E-state index contributed by atoms with van der Waals surface area (Å²) >= 11 is 0. The van der Waals surface area contributed by atoms with Crippen molar-refractivity contribution in [1.29, 1.82) is 0 Å². The van der Waals surface area contributed by atoms with Gasteiger partial charge in [0, 0.05) is 20.0 Å². The number of carbonyl (C=O) groups excluding carboxylic acids is 1. The fourth-order valence-corrected chi connectivity index (χ4v) is 1.01. The molecular weight excluding hydrogens is 200 g/mol. The van der Waals surface area contributed by atoms with Gasteiger partial charge < -0.3 is 14.6 Å². The van der Waals surface area contributed by atoms with Gasteiger partial charge in [0.05, 0.1) is 12.8 Å². The molecule has 5 heteroatoms. The van der Waals surface area contributed by atoms with Crippen molar-refractivity contribution in [2.45, 2.75) is 45.8 Å². The third kappa shape index (κ3) is 6.06. The number of hydrogen-bond donors (Lipinski definition) is 1. The molecule has 0 aromatic heterocycles. The summed E-state index contributed by atoms with van der Waals surface area (Å²) in [7, 11) is 0. The molecule has 0 aliphatic carbocycles. The SMILES string of the molecule is CCOC(C)(CC)OC(=O)CCC(=O)O. The number of carboxylic acids is 1. The maximum atomic E-state index is 11.2. The first-order valence-electron chi connectivity index (χ1n) is 5.01. The summed E-state index contributed by atoms with van der Waals surface area (Å²) < 4.78 is 10.3. The molecule has 0 aromatic rings. The Balaban J connectivity index is 4.06. The van der Waals surface area contributed by atoms with Crippen LogP contribution in [0.3, 0.4) is 0 Å². The van der Waals surface area contributed by atoms with Crippen LogP contribution >= 0.6 is 0 Å². The number of aliphatic carboxylic acids is 1. The minimum absolute atomic E-state index is 0.127. The Bertz CT molecular complexity index is 226. The van der Waals surface area contributed by atoms with Crippen LogP contribution in [-0.4, -0.2) is 29.4 Å². The number of hydrogen-bond acceptors (Lipinski definition) is 4. The van der Waals surface area contributed by atoms with Gasteiger partial charge in [-0.05, 0) is 6.92 Å². The lowest BCUT2D eigenvalue weighted by Crippen LogP contribution is -2.34. The van der Waals surface area contributed by atoms with E-state index in [1.165, 1.54) is 0 Å². The van der Waals surface area contributed by atoms with Crippen LogP contribution in [0.2, 0.25) is 0 Å². The summed E-state index contributed by atoms with van der Waals surface area (Å²) in [5.74, 6) is -2.50. The molecule has 0 radical (unpaired) electrons. The van der Waals surface area contributed by atoms with Crippen molar-refractivity contribution < 1.29 is 24.2 Å². The third-order valence-corrected chi connectivity index (χ3v) is 1.96. The van der Waals surface area contributed by atoms with Crippen molar-refractivity contribution in [3.05, 3.63) is 0 Å². The highest BCUT2D eigenvalue weighted by molar-refractivity contribution is 5.76. The van der Waals surface area contributed by atoms with E-state index in [1.54, 1.807) is 13.8 Å². The van der Waals surface area contributed by atoms with E-state index in [4.69, 9.17) is 14.6 Å². The van der Waals surface area contributed by atoms with Gasteiger partial charge in [-0.1, -0.05) is 6.92 Å². The molecule has 0 fully saturated rings. The molecule has 5 nitrogen and oxygen atoms in total. The van der Waals surface area contributed by atoms with Gasteiger partial charge in [-0.25, -0.2) is 0 Å². The van der Waals surface area contributed by atoms with E-state index >= 15 is 0 Å². The molecule has 0 amide bonds. The fourth-order valence-electron chi connectivity index (χ4n) is 1.01. The first-order valence-corrected chi connectivity index (χ1v) is 5.01. The zero-order valence-electron chi connectivity index (χ0n) is 9.41. The van der Waals surface area contributed by atoms with Crippen LogP contribution in [0.15, 0.2) is 0 Å². The lowest BCUT2D eigenvalue weighted by Gasteiger charge is -2.27. The van der Waals surface area contributed by atoms with E-state index in [9.17, 15) is 9.59 Å². The van der Waals surface area contributed by atoms with Gasteiger partial charge in [-0.3, -0.25) is 9.59 Å². The first-order chi connectivity index (χ1) is 6.93. The molecule has 0 bridgehead atoms. The molecule has 0 heterocycles. The molecule has 0 spiro atoms. The lowest BCUT2D eigenvalue weighted by atomic mass is 10.2. The van der Waals surface area contributed by atoms with Crippen LogP contribution in [0.1, 0.15) is 40.0 Å². The lowest BCUT2D eigenvalue weighted by molar-refractivity contribution is -0.223. The molecule has 0 aliphatic rings. The van der Waals surface area contributed by atoms with Crippen LogP contribution in [0.25, 0.3) is 0 Å². The van der Waals surface area contributed by atoms with E-state index in [2.05, 4.69) is 0 Å². The Kier molecular flexibility index (Phi) is 5.93. The standard InChI is InChI=1S/C10H18O5/c1-4-10(3,14-5-2)15-9(13)7-6-8(11)12/h4-7H2,1-3H3,(H,11,12). The van der Waals surface area contributed by atoms with Gasteiger partial charge in [-0.2, -0.15) is 0 Å². The minimum Gasteiger partial charge on any atom is -0.481 e. The second kappa shape index (κ2) is 6.40. The quantitative estimate of drug-likeness (QED) is 0.518. The molecule has 1 unspecified atom stereocenters. The predicted molar refractivity (Wildman–Crippen MR) is 53.3 cm³/mol. The van der Waals surface area contributed by atoms with Crippen LogP contribution in [0.5, 0.6) is 0 Å². The number of carbonyl (C=O) groups is 2. The summed E-state index contributed by atoms with van der Waals surface area (Å²) in [5.41, 5.74) is 0. The number of rotatable bonds is 7. The van der Waals surface area contributed by atoms with Crippen molar-refractivity contribution in [2.75, 3.05) is 6.61 Å². The molecule has 0 rings (SSSR count). The number of esters is 1. The maximum Gasteiger partial charge on any atom is 0.308 e. The average Bonchev–Trinajstić information content (AvgIpc) is 2.15. The molecular formula is C10H18O5. The largest absolute Gasteiger partial charge is 0.481 e. The van der Waals surface area contributed by atoms with E-state index < -0.39 is 17.7 Å². The molecule has 0 aliphatic heterocycles. The average molecular weight is 218 g/mol. The van der Waals surface area contributed by atoms with Crippen molar-refractivity contribution in [2.24, 2.45) is 0 Å². The van der Waals surface area contributed by atoms with Gasteiger partial charge in [-0.15, -0.1) is 0 Å². The number of ether oxygens (including phenoxy) is 2. The second-order valence-corrected chi connectivity index (χ2v) is 3.29. The molecule has 0 saturated heterocycles. The summed E-state index contributed by atoms with van der Waals surface area (Å²) in [6.07, 6.45) is 0.183. The van der Waals surface area contributed by atoms with E-state index in [-0.39, 0.29) is 12.8 Å². The van der Waals surface area contributed by atoms with Gasteiger partial charge in [0.25, 0.3) is 0 Å². The Morgan fingerprint density at radius 3 is 2.27 bits per heavy atom. The summed E-state index contributed by atoms with van der Waals surface area (Å²) in [6.45, 7) is 5.74. The normalized spacial score (nSPS) is 14.3. The van der Waals surface area contributed by atoms with Gasteiger partial charge >= 0.3 is 11.9 Å². The van der Waals surface area contributed by atoms with Crippen LogP contribution in [0, 0.1) is 0 Å². The Morgan fingerprint density at radius 1 is 1.27 bits per heavy atom. The van der Waals surface area contributed by atoms with E-state index in [0.29, 0.717) is 13.0 Å². The van der Waals surface area contributed by atoms with Crippen molar-refractivity contribution in [3.8, 4) is 0 Å². The van der Waals surface area contributed by atoms with Gasteiger partial charge in [0.2, 0.25) is 5.79 Å². The Labute approximate surface area is 89.4 Å². The predicted octanol–water partition coefficient (Wildman–Crippen LogP) is 1.56. The van der Waals surface area contributed by atoms with Crippen LogP contribution in [0.4, 0.5) is 0 Å². The molecule has 1 N–H and O–H groups in total. The highest BCUT2D eigenvalue weighted by Crippen LogP contribution is 2.17. The Hall–Kier alpha value is -1.10. The maximum absolute atomic E-state index is 11.2. The first kappa shape index (κ1) is 13.9. The van der Waals surface area contributed by atoms with Crippen molar-refractivity contribution >= 4 is 11.9 Å². The second-order valence-electron chi connectivity index (χ2n) is 3.29. The topological polar surface area (TPSA) is 72.8 Å². The fraction of sp³-hybridized carbons (Fsp3) is 0.800. The summed E-state index contributed by atoms with van der Waals surface area (Å²) in [5, 5.41) is 8.38. The smallest absolute Gasteiger partial charge is 0.308 e. The minimum atomic E-state index is -1.01. The summed E-state index contributed by atoms with van der Waals surface area (Å²) in [6, 6.07) is 0. The van der Waals surface area contributed by atoms with Crippen molar-refractivity contribution in [1.82, 2.24) is 0 Å². The molecule has 88 valence electrons. The monoisotopic (exact) mass is 218 g/mol. The third-order valence-electron chi connectivity index (χ3n) is 1.96. The highest BCUT2D eigenvalue weighted by atomic mass is 16.7. The van der Waals surface area contributed by atoms with Gasteiger partial charge in [0.1, 0.15) is 0 Å². The van der Waals surface area contributed by atoms with E-state index in [1.807, 2.05) is 6.92 Å². The summed E-state index contributed by atoms with van der Waals surface area (Å²) in [4.78, 5) is 21.5. The van der Waals surface area contributed by atoms with Crippen molar-refractivity contribution in [3.63, 3.8) is 0 Å². The molecule has 1 atom stereocenters. The zero-order chi connectivity index (χ0) is 11.9.